The maximum Gasteiger partial charge on any atom is 0.269 e. The van der Waals surface area contributed by atoms with Crippen molar-refractivity contribution in [3.8, 4) is 5.75 Å². The van der Waals surface area contributed by atoms with Gasteiger partial charge >= 0.3 is 0 Å². The Kier molecular flexibility index (Phi) is 4.24. The highest BCUT2D eigenvalue weighted by molar-refractivity contribution is 9.10. The molecule has 5 nitrogen and oxygen atoms in total. The number of nitro benzene ring substituents is 1. The molecule has 0 amide bonds. The van der Waals surface area contributed by atoms with Gasteiger partial charge in [0.1, 0.15) is 12.4 Å². The minimum absolute atomic E-state index is 0.00443. The van der Waals surface area contributed by atoms with Gasteiger partial charge in [0.2, 0.25) is 0 Å². The van der Waals surface area contributed by atoms with Crippen molar-refractivity contribution in [3.05, 3.63) is 62.1 Å². The largest absolute Gasteiger partial charge is 0.489 e. The molecule has 0 aliphatic rings. The average molecular weight is 337 g/mol. The van der Waals surface area contributed by atoms with Crippen molar-refractivity contribution in [3.63, 3.8) is 0 Å². The first-order valence-corrected chi connectivity index (χ1v) is 6.68. The third-order valence-electron chi connectivity index (χ3n) is 2.86. The van der Waals surface area contributed by atoms with Gasteiger partial charge in [0.05, 0.1) is 4.92 Å². The fourth-order valence-corrected chi connectivity index (χ4v) is 1.95. The second-order valence-corrected chi connectivity index (χ2v) is 5.19. The maximum atomic E-state index is 10.7. The van der Waals surface area contributed by atoms with E-state index in [1.807, 2.05) is 25.1 Å². The number of nitrogens with two attached hydrogens (primary N) is 1. The van der Waals surface area contributed by atoms with E-state index in [1.165, 1.54) is 18.2 Å². The number of rotatable bonds is 4. The lowest BCUT2D eigenvalue weighted by Gasteiger charge is -2.09. The van der Waals surface area contributed by atoms with Gasteiger partial charge in [0, 0.05) is 27.9 Å². The van der Waals surface area contributed by atoms with Crippen molar-refractivity contribution in [2.24, 2.45) is 0 Å². The zero-order valence-electron chi connectivity index (χ0n) is 10.8. The van der Waals surface area contributed by atoms with E-state index < -0.39 is 4.92 Å². The SMILES string of the molecule is Cc1cc(OCc2cc([N+](=O)[O-])ccc2N)ccc1Br. The Labute approximate surface area is 124 Å². The van der Waals surface area contributed by atoms with Crippen molar-refractivity contribution in [2.45, 2.75) is 13.5 Å². The summed E-state index contributed by atoms with van der Waals surface area (Å²) in [6.07, 6.45) is 0. The van der Waals surface area contributed by atoms with Crippen LogP contribution < -0.4 is 10.5 Å². The predicted molar refractivity (Wildman–Crippen MR) is 80.7 cm³/mol. The van der Waals surface area contributed by atoms with Crippen LogP contribution in [0.3, 0.4) is 0 Å². The van der Waals surface area contributed by atoms with Crippen LogP contribution in [0.4, 0.5) is 11.4 Å². The molecule has 0 bridgehead atoms. The minimum Gasteiger partial charge on any atom is -0.489 e. The summed E-state index contributed by atoms with van der Waals surface area (Å²) in [4.78, 5) is 10.3. The van der Waals surface area contributed by atoms with Crippen LogP contribution in [0.1, 0.15) is 11.1 Å². The number of halogens is 1. The fourth-order valence-electron chi connectivity index (χ4n) is 1.70. The summed E-state index contributed by atoms with van der Waals surface area (Å²) in [7, 11) is 0. The van der Waals surface area contributed by atoms with Crippen molar-refractivity contribution in [1.29, 1.82) is 0 Å². The van der Waals surface area contributed by atoms with Gasteiger partial charge in [0.15, 0.2) is 0 Å². The third kappa shape index (κ3) is 3.27. The molecule has 0 fully saturated rings. The monoisotopic (exact) mass is 336 g/mol. The zero-order chi connectivity index (χ0) is 14.7. The number of anilines is 1. The van der Waals surface area contributed by atoms with Gasteiger partial charge < -0.3 is 10.5 Å². The average Bonchev–Trinajstić information content (AvgIpc) is 2.41. The van der Waals surface area contributed by atoms with E-state index in [0.717, 1.165) is 10.0 Å². The van der Waals surface area contributed by atoms with E-state index in [0.29, 0.717) is 17.0 Å². The Hall–Kier alpha value is -2.08. The smallest absolute Gasteiger partial charge is 0.269 e. The Morgan fingerprint density at radius 2 is 2.05 bits per heavy atom. The number of nitrogens with zero attached hydrogens (tertiary/aromatic N) is 1. The van der Waals surface area contributed by atoms with Crippen LogP contribution in [0.25, 0.3) is 0 Å². The molecular weight excluding hydrogens is 324 g/mol. The van der Waals surface area contributed by atoms with E-state index in [-0.39, 0.29) is 12.3 Å². The molecule has 0 unspecified atom stereocenters. The fraction of sp³-hybridized carbons (Fsp3) is 0.143. The van der Waals surface area contributed by atoms with Crippen molar-refractivity contribution < 1.29 is 9.66 Å². The van der Waals surface area contributed by atoms with Gasteiger partial charge in [-0.3, -0.25) is 10.1 Å². The molecule has 0 aliphatic heterocycles. The molecule has 2 aromatic rings. The number of hydrogen-bond donors (Lipinski definition) is 1. The van der Waals surface area contributed by atoms with Crippen LogP contribution in [-0.2, 0) is 6.61 Å². The lowest BCUT2D eigenvalue weighted by molar-refractivity contribution is -0.384. The van der Waals surface area contributed by atoms with E-state index >= 15 is 0 Å². The summed E-state index contributed by atoms with van der Waals surface area (Å²) in [5.41, 5.74) is 7.93. The first-order chi connectivity index (χ1) is 9.47. The summed E-state index contributed by atoms with van der Waals surface area (Å²) in [6, 6.07) is 9.93. The molecule has 0 heterocycles. The van der Waals surface area contributed by atoms with E-state index in [1.54, 1.807) is 0 Å². The Morgan fingerprint density at radius 3 is 2.70 bits per heavy atom. The van der Waals surface area contributed by atoms with Gasteiger partial charge in [-0.2, -0.15) is 0 Å². The van der Waals surface area contributed by atoms with E-state index in [2.05, 4.69) is 15.9 Å². The number of non-ortho nitro benzene ring substituents is 1. The highest BCUT2D eigenvalue weighted by Crippen LogP contribution is 2.24. The maximum absolute atomic E-state index is 10.7. The van der Waals surface area contributed by atoms with Crippen molar-refractivity contribution >= 4 is 27.3 Å². The molecular formula is C14H13BrN2O3. The molecule has 2 rings (SSSR count). The Morgan fingerprint density at radius 1 is 1.30 bits per heavy atom. The predicted octanol–water partition coefficient (Wildman–Crippen LogP) is 3.83. The van der Waals surface area contributed by atoms with Crippen LogP contribution in [0, 0.1) is 17.0 Å². The molecule has 0 radical (unpaired) electrons. The number of hydrogen-bond acceptors (Lipinski definition) is 4. The summed E-state index contributed by atoms with van der Waals surface area (Å²) in [5, 5.41) is 10.7. The highest BCUT2D eigenvalue weighted by atomic mass is 79.9. The normalized spacial score (nSPS) is 10.3. The van der Waals surface area contributed by atoms with Gasteiger partial charge in [0.25, 0.3) is 5.69 Å². The van der Waals surface area contributed by atoms with Crippen LogP contribution in [-0.4, -0.2) is 4.92 Å². The third-order valence-corrected chi connectivity index (χ3v) is 3.75. The van der Waals surface area contributed by atoms with E-state index in [9.17, 15) is 10.1 Å². The molecule has 104 valence electrons. The summed E-state index contributed by atoms with van der Waals surface area (Å²) >= 11 is 3.41. The second kappa shape index (κ2) is 5.92. The minimum atomic E-state index is -0.452. The first kappa shape index (κ1) is 14.3. The van der Waals surface area contributed by atoms with Crippen LogP contribution in [0.5, 0.6) is 5.75 Å². The Bertz CT molecular complexity index is 659. The molecule has 0 aromatic heterocycles. The lowest BCUT2D eigenvalue weighted by atomic mass is 10.1. The first-order valence-electron chi connectivity index (χ1n) is 5.89. The van der Waals surface area contributed by atoms with E-state index in [4.69, 9.17) is 10.5 Å². The van der Waals surface area contributed by atoms with Gasteiger partial charge in [-0.05, 0) is 36.8 Å². The molecule has 20 heavy (non-hydrogen) atoms. The van der Waals surface area contributed by atoms with Gasteiger partial charge in [-0.25, -0.2) is 0 Å². The van der Waals surface area contributed by atoms with Crippen LogP contribution >= 0.6 is 15.9 Å². The van der Waals surface area contributed by atoms with Gasteiger partial charge in [-0.15, -0.1) is 0 Å². The molecule has 0 saturated heterocycles. The Balaban J connectivity index is 2.15. The number of nitrogen functional groups attached to an aromatic ring is 1. The number of aryl methyl sites for hydroxylation is 1. The molecule has 2 N–H and O–H groups in total. The van der Waals surface area contributed by atoms with Crippen LogP contribution in [0.2, 0.25) is 0 Å². The molecule has 0 saturated carbocycles. The molecule has 2 aromatic carbocycles. The second-order valence-electron chi connectivity index (χ2n) is 4.34. The van der Waals surface area contributed by atoms with Crippen molar-refractivity contribution in [1.82, 2.24) is 0 Å². The molecule has 0 atom stereocenters. The molecule has 6 heteroatoms. The summed E-state index contributed by atoms with van der Waals surface area (Å²) < 4.78 is 6.62. The number of ether oxygens (including phenoxy) is 1. The standard InChI is InChI=1S/C14H13BrN2O3/c1-9-6-12(3-4-13(9)15)20-8-10-7-11(17(18)19)2-5-14(10)16/h2-7H,8,16H2,1H3. The topological polar surface area (TPSA) is 78.4 Å². The van der Waals surface area contributed by atoms with Crippen molar-refractivity contribution in [2.75, 3.05) is 5.73 Å². The zero-order valence-corrected chi connectivity index (χ0v) is 12.4. The molecule has 0 aliphatic carbocycles. The lowest BCUT2D eigenvalue weighted by Crippen LogP contribution is -2.01. The van der Waals surface area contributed by atoms with Crippen LogP contribution in [0.15, 0.2) is 40.9 Å². The van der Waals surface area contributed by atoms with Gasteiger partial charge in [-0.1, -0.05) is 15.9 Å². The molecule has 0 spiro atoms. The number of nitro groups is 1. The summed E-state index contributed by atoms with van der Waals surface area (Å²) in [6.45, 7) is 2.15. The number of benzene rings is 2. The summed E-state index contributed by atoms with van der Waals surface area (Å²) in [5.74, 6) is 0.691. The highest BCUT2D eigenvalue weighted by Gasteiger charge is 2.10. The quantitative estimate of drug-likeness (QED) is 0.522.